The molecule has 5 nitrogen and oxygen atoms in total. The average Bonchev–Trinajstić information content (AvgIpc) is 2.58. The maximum absolute atomic E-state index is 12.2. The molecule has 0 fully saturated rings. The van der Waals surface area contributed by atoms with Crippen LogP contribution in [0.25, 0.3) is 0 Å². The van der Waals surface area contributed by atoms with E-state index in [9.17, 15) is 14.4 Å². The largest absolute Gasteiger partial charge is 0.323 e. The number of carbonyl (C=O) groups excluding carboxylic acids is 3. The van der Waals surface area contributed by atoms with Gasteiger partial charge in [-0.1, -0.05) is 29.3 Å². The lowest BCUT2D eigenvalue weighted by molar-refractivity contribution is -0.117. The van der Waals surface area contributed by atoms with Crippen LogP contribution in [0.2, 0.25) is 10.0 Å². The molecule has 0 atom stereocenters. The van der Waals surface area contributed by atoms with E-state index in [2.05, 4.69) is 5.32 Å². The van der Waals surface area contributed by atoms with Gasteiger partial charge in [0.25, 0.3) is 0 Å². The van der Waals surface area contributed by atoms with Crippen LogP contribution in [0, 0.1) is 0 Å². The van der Waals surface area contributed by atoms with Crippen LogP contribution in [0.15, 0.2) is 42.5 Å². The summed E-state index contributed by atoms with van der Waals surface area (Å²) >= 11 is 12.1. The molecule has 0 bridgehead atoms. The van der Waals surface area contributed by atoms with Crippen molar-refractivity contribution >= 4 is 52.2 Å². The van der Waals surface area contributed by atoms with Crippen molar-refractivity contribution in [2.24, 2.45) is 0 Å². The Morgan fingerprint density at radius 3 is 2.04 bits per heavy atom. The van der Waals surface area contributed by atoms with Crippen molar-refractivity contribution in [3.63, 3.8) is 0 Å². The van der Waals surface area contributed by atoms with Gasteiger partial charge in [0.05, 0.1) is 15.7 Å². The number of ketones is 1. The van der Waals surface area contributed by atoms with Crippen molar-refractivity contribution in [2.45, 2.75) is 20.3 Å². The minimum Gasteiger partial charge on any atom is -0.323 e. The second-order valence-corrected chi connectivity index (χ2v) is 6.48. The van der Waals surface area contributed by atoms with E-state index in [-0.39, 0.29) is 30.6 Å². The Balaban J connectivity index is 2.05. The molecule has 0 spiro atoms. The van der Waals surface area contributed by atoms with E-state index in [1.165, 1.54) is 18.7 Å². The Hall–Kier alpha value is -2.37. The van der Waals surface area contributed by atoms with Gasteiger partial charge in [-0.05, 0) is 43.3 Å². The van der Waals surface area contributed by atoms with Crippen molar-refractivity contribution in [1.82, 2.24) is 0 Å². The highest BCUT2D eigenvalue weighted by Crippen LogP contribution is 2.29. The summed E-state index contributed by atoms with van der Waals surface area (Å²) in [6.45, 7) is 3.08. The number of hydrogen-bond acceptors (Lipinski definition) is 3. The summed E-state index contributed by atoms with van der Waals surface area (Å²) < 4.78 is 0. The number of rotatable bonds is 6. The fourth-order valence-corrected chi connectivity index (χ4v) is 2.87. The van der Waals surface area contributed by atoms with Gasteiger partial charge in [-0.25, -0.2) is 0 Å². The lowest BCUT2D eigenvalue weighted by Gasteiger charge is -2.21. The zero-order chi connectivity index (χ0) is 19.3. The maximum Gasteiger partial charge on any atom is 0.226 e. The van der Waals surface area contributed by atoms with E-state index in [1.807, 2.05) is 0 Å². The molecule has 0 radical (unpaired) electrons. The maximum atomic E-state index is 12.2. The van der Waals surface area contributed by atoms with Crippen molar-refractivity contribution in [1.29, 1.82) is 0 Å². The number of anilines is 2. The third-order valence-electron chi connectivity index (χ3n) is 3.76. The van der Waals surface area contributed by atoms with Gasteiger partial charge < -0.3 is 10.2 Å². The van der Waals surface area contributed by atoms with Crippen LogP contribution in [0.4, 0.5) is 11.4 Å². The van der Waals surface area contributed by atoms with E-state index >= 15 is 0 Å². The Labute approximate surface area is 161 Å². The SMILES string of the molecule is CC(=O)c1ccc(N(CCC(=O)Nc2c(Cl)cccc2Cl)C(C)=O)cc1. The lowest BCUT2D eigenvalue weighted by atomic mass is 10.1. The molecule has 0 heterocycles. The van der Waals surface area contributed by atoms with Gasteiger partial charge in [0.1, 0.15) is 0 Å². The smallest absolute Gasteiger partial charge is 0.226 e. The van der Waals surface area contributed by atoms with Gasteiger partial charge in [0.15, 0.2) is 5.78 Å². The van der Waals surface area contributed by atoms with Crippen molar-refractivity contribution in [2.75, 3.05) is 16.8 Å². The molecule has 26 heavy (non-hydrogen) atoms. The molecule has 0 aliphatic rings. The summed E-state index contributed by atoms with van der Waals surface area (Å²) in [7, 11) is 0. The highest BCUT2D eigenvalue weighted by molar-refractivity contribution is 6.39. The molecule has 0 aliphatic heterocycles. The minimum atomic E-state index is -0.313. The number of hydrogen-bond donors (Lipinski definition) is 1. The fourth-order valence-electron chi connectivity index (χ4n) is 2.38. The highest BCUT2D eigenvalue weighted by Gasteiger charge is 2.15. The third kappa shape index (κ3) is 5.07. The zero-order valence-corrected chi connectivity index (χ0v) is 15.9. The molecule has 2 rings (SSSR count). The van der Waals surface area contributed by atoms with Crippen molar-refractivity contribution in [3.8, 4) is 0 Å². The normalized spacial score (nSPS) is 10.3. The van der Waals surface area contributed by atoms with Crippen LogP contribution in [0.1, 0.15) is 30.6 Å². The summed E-state index contributed by atoms with van der Waals surface area (Å²) in [5.74, 6) is -0.572. The third-order valence-corrected chi connectivity index (χ3v) is 4.39. The summed E-state index contributed by atoms with van der Waals surface area (Å²) in [6.07, 6.45) is 0.0651. The molecule has 136 valence electrons. The van der Waals surface area contributed by atoms with E-state index in [1.54, 1.807) is 42.5 Å². The molecule has 0 saturated carbocycles. The second kappa shape index (κ2) is 8.83. The first kappa shape index (κ1) is 19.9. The second-order valence-electron chi connectivity index (χ2n) is 5.67. The van der Waals surface area contributed by atoms with Crippen LogP contribution >= 0.6 is 23.2 Å². The average molecular weight is 393 g/mol. The summed E-state index contributed by atoms with van der Waals surface area (Å²) in [4.78, 5) is 37.0. The lowest BCUT2D eigenvalue weighted by Crippen LogP contribution is -2.32. The molecule has 1 N–H and O–H groups in total. The number of nitrogens with one attached hydrogen (secondary N) is 1. The van der Waals surface area contributed by atoms with E-state index in [0.29, 0.717) is 27.0 Å². The van der Waals surface area contributed by atoms with Gasteiger partial charge in [-0.15, -0.1) is 0 Å². The molecule has 2 aromatic carbocycles. The van der Waals surface area contributed by atoms with E-state index in [4.69, 9.17) is 23.2 Å². The van der Waals surface area contributed by atoms with Crippen LogP contribution in [-0.4, -0.2) is 24.1 Å². The van der Waals surface area contributed by atoms with Crippen molar-refractivity contribution < 1.29 is 14.4 Å². The first-order valence-electron chi connectivity index (χ1n) is 7.92. The highest BCUT2D eigenvalue weighted by atomic mass is 35.5. The first-order chi connectivity index (χ1) is 12.3. The molecule has 0 saturated heterocycles. The molecule has 2 aromatic rings. The number of para-hydroxylation sites is 1. The first-order valence-corrected chi connectivity index (χ1v) is 8.68. The van der Waals surface area contributed by atoms with E-state index in [0.717, 1.165) is 0 Å². The summed E-state index contributed by atoms with van der Waals surface area (Å²) in [5, 5.41) is 3.35. The van der Waals surface area contributed by atoms with Gasteiger partial charge in [-0.2, -0.15) is 0 Å². The minimum absolute atomic E-state index is 0.0538. The molecular weight excluding hydrogens is 375 g/mol. The molecule has 2 amide bonds. The van der Waals surface area contributed by atoms with Gasteiger partial charge >= 0.3 is 0 Å². The molecule has 0 unspecified atom stereocenters. The fraction of sp³-hybridized carbons (Fsp3) is 0.211. The number of Topliss-reactive ketones (excluding diaryl/α,β-unsaturated/α-hetero) is 1. The van der Waals surface area contributed by atoms with Crippen LogP contribution in [0.3, 0.4) is 0 Å². The Morgan fingerprint density at radius 1 is 0.962 bits per heavy atom. The predicted molar refractivity (Wildman–Crippen MR) is 104 cm³/mol. The van der Waals surface area contributed by atoms with Crippen LogP contribution < -0.4 is 10.2 Å². The molecule has 0 aliphatic carbocycles. The Kier molecular flexibility index (Phi) is 6.77. The van der Waals surface area contributed by atoms with Crippen LogP contribution in [-0.2, 0) is 9.59 Å². The zero-order valence-electron chi connectivity index (χ0n) is 14.4. The van der Waals surface area contributed by atoms with E-state index < -0.39 is 0 Å². The van der Waals surface area contributed by atoms with Gasteiger partial charge in [-0.3, -0.25) is 14.4 Å². The number of amides is 2. The standard InChI is InChI=1S/C19H18Cl2N2O3/c1-12(24)14-6-8-15(9-7-14)23(13(2)25)11-10-18(26)22-19-16(20)4-3-5-17(19)21/h3-9H,10-11H2,1-2H3,(H,22,26). The summed E-state index contributed by atoms with van der Waals surface area (Å²) in [5.41, 5.74) is 1.52. The summed E-state index contributed by atoms with van der Waals surface area (Å²) in [6, 6.07) is 11.6. The van der Waals surface area contributed by atoms with Crippen molar-refractivity contribution in [3.05, 3.63) is 58.1 Å². The predicted octanol–water partition coefficient (Wildman–Crippen LogP) is 4.58. The molecular formula is C19H18Cl2N2O3. The molecule has 7 heteroatoms. The quantitative estimate of drug-likeness (QED) is 0.731. The number of carbonyl (C=O) groups is 3. The number of nitrogens with zero attached hydrogens (tertiary/aromatic N) is 1. The molecule has 0 aromatic heterocycles. The number of benzene rings is 2. The van der Waals surface area contributed by atoms with Gasteiger partial charge in [0.2, 0.25) is 11.8 Å². The van der Waals surface area contributed by atoms with Crippen LogP contribution in [0.5, 0.6) is 0 Å². The monoisotopic (exact) mass is 392 g/mol. The topological polar surface area (TPSA) is 66.5 Å². The Bertz CT molecular complexity index is 815. The van der Waals surface area contributed by atoms with Gasteiger partial charge in [0, 0.05) is 31.1 Å². The Morgan fingerprint density at radius 2 is 1.54 bits per heavy atom. The number of halogens is 2.